The van der Waals surface area contributed by atoms with E-state index in [9.17, 15) is 0 Å². The molecule has 2 aromatic rings. The van der Waals surface area contributed by atoms with Gasteiger partial charge in [-0.2, -0.15) is 0 Å². The lowest BCUT2D eigenvalue weighted by Crippen LogP contribution is -2.49. The van der Waals surface area contributed by atoms with Gasteiger partial charge in [0.15, 0.2) is 5.52 Å². The van der Waals surface area contributed by atoms with Gasteiger partial charge in [0.05, 0.1) is 12.9 Å². The maximum Gasteiger partial charge on any atom is 0.392 e. The van der Waals surface area contributed by atoms with Crippen molar-refractivity contribution < 1.29 is 9.72 Å². The van der Waals surface area contributed by atoms with Gasteiger partial charge >= 0.3 is 5.95 Å². The van der Waals surface area contributed by atoms with Crippen LogP contribution >= 0.6 is 0 Å². The monoisotopic (exact) mass is 300 g/mol. The Morgan fingerprint density at radius 3 is 2.59 bits per heavy atom. The first-order valence-corrected chi connectivity index (χ1v) is 8.34. The SMILES string of the molecule is Nc1nc2nc[nH]c2c(OCC23CC4CC(CC(C4)C2)C3)[nH+]1. The second-order valence-corrected chi connectivity index (χ2v) is 7.76. The van der Waals surface area contributed by atoms with Crippen LogP contribution in [-0.2, 0) is 0 Å². The highest BCUT2D eigenvalue weighted by Gasteiger charge is 2.51. The van der Waals surface area contributed by atoms with E-state index in [-0.39, 0.29) is 0 Å². The molecule has 116 valence electrons. The Morgan fingerprint density at radius 1 is 1.23 bits per heavy atom. The number of aromatic amines is 2. The van der Waals surface area contributed by atoms with Crippen LogP contribution in [0.2, 0.25) is 0 Å². The molecule has 4 bridgehead atoms. The quantitative estimate of drug-likeness (QED) is 0.906. The molecule has 6 heteroatoms. The number of ether oxygens (including phenoxy) is 1. The lowest BCUT2D eigenvalue weighted by Gasteiger charge is -2.56. The molecule has 2 heterocycles. The number of rotatable bonds is 3. The number of imidazole rings is 1. The van der Waals surface area contributed by atoms with Crippen molar-refractivity contribution >= 4 is 17.1 Å². The van der Waals surface area contributed by atoms with Crippen molar-refractivity contribution in [2.75, 3.05) is 12.3 Å². The molecule has 0 atom stereocenters. The number of nitrogen functional groups attached to an aromatic ring is 1. The second kappa shape index (κ2) is 4.33. The van der Waals surface area contributed by atoms with Crippen molar-refractivity contribution in [1.82, 2.24) is 15.0 Å². The molecule has 0 unspecified atom stereocenters. The van der Waals surface area contributed by atoms with E-state index in [0.717, 1.165) is 29.9 Å². The van der Waals surface area contributed by atoms with Crippen molar-refractivity contribution in [2.24, 2.45) is 23.2 Å². The van der Waals surface area contributed by atoms with Gasteiger partial charge in [0.2, 0.25) is 0 Å². The van der Waals surface area contributed by atoms with Crippen LogP contribution < -0.4 is 15.5 Å². The highest BCUT2D eigenvalue weighted by molar-refractivity contribution is 5.74. The number of H-pyrrole nitrogens is 2. The molecule has 2 aromatic heterocycles. The number of nitrogens with zero attached hydrogens (tertiary/aromatic N) is 2. The maximum atomic E-state index is 6.20. The molecule has 22 heavy (non-hydrogen) atoms. The number of aromatic nitrogens is 4. The molecule has 0 aromatic carbocycles. The minimum absolute atomic E-state index is 0.347. The van der Waals surface area contributed by atoms with Gasteiger partial charge in [-0.3, -0.25) is 5.73 Å². The van der Waals surface area contributed by atoms with Crippen LogP contribution in [0.4, 0.5) is 5.95 Å². The summed E-state index contributed by atoms with van der Waals surface area (Å²) in [6.07, 6.45) is 10.0. The smallest absolute Gasteiger partial charge is 0.392 e. The van der Waals surface area contributed by atoms with Gasteiger partial charge in [-0.15, -0.1) is 0 Å². The Kier molecular flexibility index (Phi) is 2.50. The number of hydrogen-bond acceptors (Lipinski definition) is 4. The molecule has 4 N–H and O–H groups in total. The van der Waals surface area contributed by atoms with Gasteiger partial charge in [0.1, 0.15) is 0 Å². The van der Waals surface area contributed by atoms with Gasteiger partial charge < -0.3 is 9.72 Å². The van der Waals surface area contributed by atoms with Crippen LogP contribution in [0.1, 0.15) is 38.5 Å². The third kappa shape index (κ3) is 1.89. The number of nitrogens with one attached hydrogen (secondary N) is 2. The van der Waals surface area contributed by atoms with Crippen LogP contribution in [0, 0.1) is 23.2 Å². The fraction of sp³-hybridized carbons (Fsp3) is 0.688. The summed E-state index contributed by atoms with van der Waals surface area (Å²) in [5, 5.41) is 0. The van der Waals surface area contributed by atoms with E-state index in [1.165, 1.54) is 38.5 Å². The fourth-order valence-electron chi connectivity index (χ4n) is 5.66. The summed E-state index contributed by atoms with van der Waals surface area (Å²) in [5.41, 5.74) is 7.61. The average Bonchev–Trinajstić information content (AvgIpc) is 2.91. The second-order valence-electron chi connectivity index (χ2n) is 7.76. The molecule has 0 aliphatic heterocycles. The fourth-order valence-corrected chi connectivity index (χ4v) is 5.66. The standard InChI is InChI=1S/C16H21N5O/c17-15-20-13-12(18-8-19-13)14(21-15)22-7-16-4-9-1-10(5-16)3-11(2-9)6-16/h8-11H,1-7H2,(H3,17,18,19,20,21)/p+1. The topological polar surface area (TPSA) is 91.0 Å². The summed E-state index contributed by atoms with van der Waals surface area (Å²) >= 11 is 0. The molecule has 6 nitrogen and oxygen atoms in total. The van der Waals surface area contributed by atoms with Gasteiger partial charge in [0, 0.05) is 5.41 Å². The van der Waals surface area contributed by atoms with Crippen molar-refractivity contribution in [1.29, 1.82) is 0 Å². The zero-order chi connectivity index (χ0) is 14.7. The minimum Gasteiger partial charge on any atom is -0.466 e. The van der Waals surface area contributed by atoms with Crippen LogP contribution in [0.5, 0.6) is 5.88 Å². The van der Waals surface area contributed by atoms with E-state index in [1.807, 2.05) is 0 Å². The first-order valence-electron chi connectivity index (χ1n) is 8.34. The molecule has 6 rings (SSSR count). The molecule has 4 aliphatic carbocycles. The van der Waals surface area contributed by atoms with Gasteiger partial charge in [-0.25, -0.2) is 9.97 Å². The molecule has 4 saturated carbocycles. The minimum atomic E-state index is 0.347. The summed E-state index contributed by atoms with van der Waals surface area (Å²) in [7, 11) is 0. The predicted octanol–water partition coefficient (Wildman–Crippen LogP) is 1.95. The Labute approximate surface area is 128 Å². The predicted molar refractivity (Wildman–Crippen MR) is 81.0 cm³/mol. The molecule has 0 saturated heterocycles. The summed E-state index contributed by atoms with van der Waals surface area (Å²) in [6.45, 7) is 0.782. The van der Waals surface area contributed by atoms with Gasteiger partial charge in [-0.05, 0) is 61.3 Å². The summed E-state index contributed by atoms with van der Waals surface area (Å²) in [5.74, 6) is 3.84. The number of hydrogen-bond donors (Lipinski definition) is 2. The van der Waals surface area contributed by atoms with E-state index in [4.69, 9.17) is 10.5 Å². The van der Waals surface area contributed by atoms with Crippen molar-refractivity contribution in [3.63, 3.8) is 0 Å². The third-order valence-corrected chi connectivity index (χ3v) is 6.00. The Morgan fingerprint density at radius 2 is 1.91 bits per heavy atom. The van der Waals surface area contributed by atoms with E-state index in [0.29, 0.717) is 22.9 Å². The van der Waals surface area contributed by atoms with Crippen LogP contribution in [0.15, 0.2) is 6.33 Å². The lowest BCUT2D eigenvalue weighted by atomic mass is 9.50. The molecule has 4 aliphatic rings. The molecular formula is C16H22N5O+. The van der Waals surface area contributed by atoms with Crippen molar-refractivity contribution in [3.8, 4) is 5.88 Å². The van der Waals surface area contributed by atoms with Crippen LogP contribution in [0.3, 0.4) is 0 Å². The number of fused-ring (bicyclic) bond motifs is 1. The van der Waals surface area contributed by atoms with Crippen molar-refractivity contribution in [2.45, 2.75) is 38.5 Å². The first kappa shape index (κ1) is 12.7. The van der Waals surface area contributed by atoms with E-state index < -0.39 is 0 Å². The van der Waals surface area contributed by atoms with E-state index >= 15 is 0 Å². The zero-order valence-corrected chi connectivity index (χ0v) is 12.6. The van der Waals surface area contributed by atoms with Crippen LogP contribution in [-0.4, -0.2) is 21.6 Å². The summed E-state index contributed by atoms with van der Waals surface area (Å²) < 4.78 is 6.20. The molecule has 0 spiro atoms. The average molecular weight is 300 g/mol. The van der Waals surface area contributed by atoms with Gasteiger partial charge in [-0.1, -0.05) is 0 Å². The van der Waals surface area contributed by atoms with Gasteiger partial charge in [0.25, 0.3) is 11.5 Å². The Bertz CT molecular complexity index is 689. The number of anilines is 1. The summed E-state index contributed by atoms with van der Waals surface area (Å²) in [6, 6.07) is 0. The largest absolute Gasteiger partial charge is 0.466 e. The lowest BCUT2D eigenvalue weighted by molar-refractivity contribution is -0.381. The van der Waals surface area contributed by atoms with E-state index in [2.05, 4.69) is 19.9 Å². The molecule has 0 amide bonds. The van der Waals surface area contributed by atoms with Crippen LogP contribution in [0.25, 0.3) is 11.2 Å². The zero-order valence-electron chi connectivity index (χ0n) is 12.6. The molecular weight excluding hydrogens is 278 g/mol. The Hall–Kier alpha value is -1.85. The highest BCUT2D eigenvalue weighted by Crippen LogP contribution is 2.59. The highest BCUT2D eigenvalue weighted by atomic mass is 16.5. The normalized spacial score (nSPS) is 36.1. The first-order chi connectivity index (χ1) is 10.7. The molecule has 0 radical (unpaired) electrons. The number of nitrogens with two attached hydrogens (primary N) is 1. The molecule has 4 fully saturated rings. The van der Waals surface area contributed by atoms with E-state index in [1.54, 1.807) is 6.33 Å². The van der Waals surface area contributed by atoms with Crippen molar-refractivity contribution in [3.05, 3.63) is 6.33 Å². The summed E-state index contributed by atoms with van der Waals surface area (Å²) in [4.78, 5) is 14.5. The Balaban J connectivity index is 1.41. The maximum absolute atomic E-state index is 6.20. The third-order valence-electron chi connectivity index (χ3n) is 6.00.